The summed E-state index contributed by atoms with van der Waals surface area (Å²) in [5, 5.41) is 9.47. The van der Waals surface area contributed by atoms with Crippen molar-refractivity contribution in [1.82, 2.24) is 0 Å². The zero-order chi connectivity index (χ0) is 10.0. The number of benzene rings is 1. The summed E-state index contributed by atoms with van der Waals surface area (Å²) in [6, 6.07) is 4.42. The van der Waals surface area contributed by atoms with Crippen LogP contribution in [0.4, 0.5) is 4.39 Å². The summed E-state index contributed by atoms with van der Waals surface area (Å²) < 4.78 is 13.3. The highest BCUT2D eigenvalue weighted by Gasteiger charge is 2.17. The molecule has 0 amide bonds. The van der Waals surface area contributed by atoms with E-state index in [-0.39, 0.29) is 17.5 Å². The predicted octanol–water partition coefficient (Wildman–Crippen LogP) is 3.29. The molecule has 1 N–H and O–H groups in total. The Morgan fingerprint density at radius 3 is 2.31 bits per heavy atom. The quantitative estimate of drug-likeness (QED) is 0.744. The topological polar surface area (TPSA) is 20.2 Å². The third kappa shape index (κ3) is 2.00. The molecule has 0 fully saturated rings. The first-order valence-corrected chi connectivity index (χ1v) is 4.51. The molecule has 0 spiro atoms. The van der Waals surface area contributed by atoms with E-state index in [1.807, 2.05) is 20.8 Å². The van der Waals surface area contributed by atoms with Gasteiger partial charge in [-0.05, 0) is 24.0 Å². The highest BCUT2D eigenvalue weighted by Crippen LogP contribution is 2.32. The Bertz CT molecular complexity index is 274. The van der Waals surface area contributed by atoms with Crippen molar-refractivity contribution in [2.45, 2.75) is 26.7 Å². The van der Waals surface area contributed by atoms with Crippen molar-refractivity contribution < 1.29 is 9.50 Å². The Morgan fingerprint density at radius 2 is 1.85 bits per heavy atom. The molecule has 0 aromatic heterocycles. The second-order valence-corrected chi connectivity index (χ2v) is 3.71. The van der Waals surface area contributed by atoms with Crippen molar-refractivity contribution in [3.8, 4) is 5.75 Å². The lowest BCUT2D eigenvalue weighted by Gasteiger charge is -2.17. The molecule has 0 aliphatic rings. The molecule has 13 heavy (non-hydrogen) atoms. The van der Waals surface area contributed by atoms with Crippen LogP contribution in [0.25, 0.3) is 0 Å². The largest absolute Gasteiger partial charge is 0.508 e. The summed E-state index contributed by atoms with van der Waals surface area (Å²) in [5.41, 5.74) is 0.428. The maximum Gasteiger partial charge on any atom is 0.130 e. The fourth-order valence-electron chi connectivity index (χ4n) is 1.31. The number of hydrogen-bond donors (Lipinski definition) is 1. The van der Waals surface area contributed by atoms with Crippen molar-refractivity contribution in [3.05, 3.63) is 29.6 Å². The van der Waals surface area contributed by atoms with Gasteiger partial charge in [0.15, 0.2) is 0 Å². The monoisotopic (exact) mass is 182 g/mol. The third-order valence-electron chi connectivity index (χ3n) is 2.49. The highest BCUT2D eigenvalue weighted by atomic mass is 19.1. The minimum atomic E-state index is -0.318. The molecule has 0 radical (unpaired) electrons. The van der Waals surface area contributed by atoms with E-state index in [2.05, 4.69) is 0 Å². The van der Waals surface area contributed by atoms with E-state index >= 15 is 0 Å². The molecule has 1 unspecified atom stereocenters. The highest BCUT2D eigenvalue weighted by molar-refractivity contribution is 5.36. The van der Waals surface area contributed by atoms with Gasteiger partial charge in [-0.15, -0.1) is 0 Å². The van der Waals surface area contributed by atoms with Crippen LogP contribution >= 0.6 is 0 Å². The zero-order valence-electron chi connectivity index (χ0n) is 8.21. The molecule has 1 aromatic carbocycles. The van der Waals surface area contributed by atoms with Crippen LogP contribution in [0.2, 0.25) is 0 Å². The van der Waals surface area contributed by atoms with E-state index in [1.165, 1.54) is 18.2 Å². The van der Waals surface area contributed by atoms with Gasteiger partial charge in [-0.3, -0.25) is 0 Å². The lowest BCUT2D eigenvalue weighted by Crippen LogP contribution is -2.04. The van der Waals surface area contributed by atoms with Crippen LogP contribution in [0.1, 0.15) is 32.3 Å². The van der Waals surface area contributed by atoms with Gasteiger partial charge in [-0.1, -0.05) is 26.8 Å². The maximum absolute atomic E-state index is 13.3. The van der Waals surface area contributed by atoms with Crippen LogP contribution in [-0.2, 0) is 0 Å². The average Bonchev–Trinajstić information content (AvgIpc) is 2.03. The molecule has 72 valence electrons. The SMILES string of the molecule is CC(C)C(C)c1c(O)cccc1F. The summed E-state index contributed by atoms with van der Waals surface area (Å²) in [4.78, 5) is 0. The van der Waals surface area contributed by atoms with Crippen molar-refractivity contribution >= 4 is 0 Å². The van der Waals surface area contributed by atoms with Crippen LogP contribution in [0.3, 0.4) is 0 Å². The van der Waals surface area contributed by atoms with Crippen LogP contribution in [0.5, 0.6) is 5.75 Å². The molecular formula is C11H15FO. The molecule has 0 saturated carbocycles. The summed E-state index contributed by atoms with van der Waals surface area (Å²) in [7, 11) is 0. The average molecular weight is 182 g/mol. The van der Waals surface area contributed by atoms with Gasteiger partial charge in [0.1, 0.15) is 11.6 Å². The lowest BCUT2D eigenvalue weighted by molar-refractivity contribution is 0.429. The Kier molecular flexibility index (Phi) is 2.91. The molecule has 1 nitrogen and oxygen atoms in total. The molecule has 1 atom stereocenters. The van der Waals surface area contributed by atoms with E-state index in [1.54, 1.807) is 0 Å². The Morgan fingerprint density at radius 1 is 1.23 bits per heavy atom. The van der Waals surface area contributed by atoms with Gasteiger partial charge >= 0.3 is 0 Å². The van der Waals surface area contributed by atoms with Gasteiger partial charge in [-0.25, -0.2) is 4.39 Å². The van der Waals surface area contributed by atoms with E-state index in [9.17, 15) is 9.50 Å². The molecule has 0 aliphatic heterocycles. The van der Waals surface area contributed by atoms with Crippen molar-refractivity contribution in [1.29, 1.82) is 0 Å². The second-order valence-electron chi connectivity index (χ2n) is 3.71. The van der Waals surface area contributed by atoms with Gasteiger partial charge in [0.05, 0.1) is 0 Å². The first kappa shape index (κ1) is 10.0. The van der Waals surface area contributed by atoms with Crippen LogP contribution in [0.15, 0.2) is 18.2 Å². The van der Waals surface area contributed by atoms with Crippen molar-refractivity contribution in [2.75, 3.05) is 0 Å². The number of phenols is 1. The molecular weight excluding hydrogens is 167 g/mol. The van der Waals surface area contributed by atoms with Crippen LogP contribution in [0, 0.1) is 11.7 Å². The van der Waals surface area contributed by atoms with Crippen LogP contribution < -0.4 is 0 Å². The van der Waals surface area contributed by atoms with E-state index in [0.29, 0.717) is 11.5 Å². The zero-order valence-corrected chi connectivity index (χ0v) is 8.21. The van der Waals surface area contributed by atoms with Gasteiger partial charge in [-0.2, -0.15) is 0 Å². The summed E-state index contributed by atoms with van der Waals surface area (Å²) in [5.74, 6) is 0.103. The van der Waals surface area contributed by atoms with Gasteiger partial charge in [0.2, 0.25) is 0 Å². The minimum Gasteiger partial charge on any atom is -0.508 e. The first-order chi connectivity index (χ1) is 6.04. The number of halogens is 1. The fourth-order valence-corrected chi connectivity index (χ4v) is 1.31. The van der Waals surface area contributed by atoms with E-state index < -0.39 is 0 Å². The van der Waals surface area contributed by atoms with Gasteiger partial charge < -0.3 is 5.11 Å². The number of phenolic OH excluding ortho intramolecular Hbond substituents is 1. The van der Waals surface area contributed by atoms with Crippen molar-refractivity contribution in [3.63, 3.8) is 0 Å². The van der Waals surface area contributed by atoms with Gasteiger partial charge in [0.25, 0.3) is 0 Å². The first-order valence-electron chi connectivity index (χ1n) is 4.51. The lowest BCUT2D eigenvalue weighted by atomic mass is 9.89. The Hall–Kier alpha value is -1.05. The maximum atomic E-state index is 13.3. The van der Waals surface area contributed by atoms with Crippen molar-refractivity contribution in [2.24, 2.45) is 5.92 Å². The standard InChI is InChI=1S/C11H15FO/c1-7(2)8(3)11-9(12)5-4-6-10(11)13/h4-8,13H,1-3H3. The summed E-state index contributed by atoms with van der Waals surface area (Å²) in [6.07, 6.45) is 0. The summed E-state index contributed by atoms with van der Waals surface area (Å²) in [6.45, 7) is 5.94. The smallest absolute Gasteiger partial charge is 0.130 e. The fraction of sp³-hybridized carbons (Fsp3) is 0.455. The predicted molar refractivity (Wildman–Crippen MR) is 51.3 cm³/mol. The van der Waals surface area contributed by atoms with E-state index in [0.717, 1.165) is 0 Å². The molecule has 1 rings (SSSR count). The Balaban J connectivity index is 3.12. The molecule has 1 aromatic rings. The summed E-state index contributed by atoms with van der Waals surface area (Å²) >= 11 is 0. The number of hydrogen-bond acceptors (Lipinski definition) is 1. The number of aromatic hydroxyl groups is 1. The van der Waals surface area contributed by atoms with E-state index in [4.69, 9.17) is 0 Å². The molecule has 0 heterocycles. The minimum absolute atomic E-state index is 0.0428. The third-order valence-corrected chi connectivity index (χ3v) is 2.49. The normalized spacial score (nSPS) is 13.3. The molecule has 0 saturated heterocycles. The molecule has 2 heteroatoms. The second kappa shape index (κ2) is 3.77. The number of rotatable bonds is 2. The van der Waals surface area contributed by atoms with Gasteiger partial charge in [0, 0.05) is 5.56 Å². The molecule has 0 bridgehead atoms. The molecule has 0 aliphatic carbocycles. The Labute approximate surface area is 78.2 Å². The van der Waals surface area contributed by atoms with Crippen LogP contribution in [-0.4, -0.2) is 5.11 Å².